The Bertz CT molecular complexity index is 338. The Hall–Kier alpha value is -0.380. The van der Waals surface area contributed by atoms with E-state index in [1.165, 1.54) is 0 Å². The van der Waals surface area contributed by atoms with Crippen LogP contribution in [0.1, 0.15) is 33.3 Å². The molecule has 0 aromatic heterocycles. The van der Waals surface area contributed by atoms with Crippen molar-refractivity contribution in [3.8, 4) is 0 Å². The molecule has 0 saturated carbocycles. The number of nitrogens with two attached hydrogens (primary N) is 1. The first kappa shape index (κ1) is 13.7. The number of rotatable bonds is 3. The van der Waals surface area contributed by atoms with Gasteiger partial charge < -0.3 is 10.4 Å². The van der Waals surface area contributed by atoms with E-state index in [-0.39, 0.29) is 5.54 Å². The summed E-state index contributed by atoms with van der Waals surface area (Å²) < 4.78 is 1.03. The van der Waals surface area contributed by atoms with Crippen LogP contribution in [0.3, 0.4) is 0 Å². The molecule has 0 aliphatic carbocycles. The average molecular weight is 287 g/mol. The number of hydrogen-bond acceptors (Lipinski definition) is 1. The van der Waals surface area contributed by atoms with E-state index in [1.54, 1.807) is 0 Å². The van der Waals surface area contributed by atoms with Gasteiger partial charge in [0.25, 0.3) is 0 Å². The third kappa shape index (κ3) is 4.24. The van der Waals surface area contributed by atoms with Gasteiger partial charge in [-0.2, -0.15) is 0 Å². The maximum Gasteiger partial charge on any atom is 0.135 e. The Labute approximate surface area is 106 Å². The summed E-state index contributed by atoms with van der Waals surface area (Å²) in [5, 5.41) is 12.6. The lowest BCUT2D eigenvalue weighted by atomic mass is 9.95. The van der Waals surface area contributed by atoms with E-state index in [0.717, 1.165) is 10.0 Å². The molecule has 1 rings (SSSR count). The summed E-state index contributed by atoms with van der Waals surface area (Å²) in [6, 6.07) is 7.84. The van der Waals surface area contributed by atoms with Crippen LogP contribution in [0.25, 0.3) is 0 Å². The molecule has 0 fully saturated rings. The first-order chi connectivity index (χ1) is 7.21. The van der Waals surface area contributed by atoms with Crippen molar-refractivity contribution in [3.63, 3.8) is 0 Å². The van der Waals surface area contributed by atoms with Crippen molar-refractivity contribution in [2.45, 2.75) is 38.8 Å². The fourth-order valence-electron chi connectivity index (χ4n) is 1.43. The predicted molar refractivity (Wildman–Crippen MR) is 70.3 cm³/mol. The zero-order valence-electron chi connectivity index (χ0n) is 10.4. The van der Waals surface area contributed by atoms with Crippen molar-refractivity contribution in [1.82, 2.24) is 0 Å². The van der Waals surface area contributed by atoms with Gasteiger partial charge in [-0.15, -0.1) is 0 Å². The SMILES string of the molecule is CC(C)(C)[NH2+]C[C@@](C)(O)c1ccc(Br)cc1. The second-order valence-electron chi connectivity index (χ2n) is 5.56. The summed E-state index contributed by atoms with van der Waals surface area (Å²) >= 11 is 3.39. The summed E-state index contributed by atoms with van der Waals surface area (Å²) in [5.74, 6) is 0. The van der Waals surface area contributed by atoms with Crippen LogP contribution >= 0.6 is 15.9 Å². The number of benzene rings is 1. The van der Waals surface area contributed by atoms with Crippen LogP contribution in [-0.4, -0.2) is 17.2 Å². The second-order valence-corrected chi connectivity index (χ2v) is 6.47. The summed E-state index contributed by atoms with van der Waals surface area (Å²) in [4.78, 5) is 0. The van der Waals surface area contributed by atoms with E-state index in [1.807, 2.05) is 31.2 Å². The molecule has 0 heterocycles. The van der Waals surface area contributed by atoms with Crippen molar-refractivity contribution in [1.29, 1.82) is 0 Å². The van der Waals surface area contributed by atoms with E-state index in [0.29, 0.717) is 6.54 Å². The third-order valence-corrected chi connectivity index (χ3v) is 3.11. The van der Waals surface area contributed by atoms with Crippen molar-refractivity contribution < 1.29 is 10.4 Å². The Morgan fingerprint density at radius 1 is 1.12 bits per heavy atom. The van der Waals surface area contributed by atoms with Gasteiger partial charge in [0.1, 0.15) is 12.1 Å². The predicted octanol–water partition coefficient (Wildman–Crippen LogP) is 2.02. The van der Waals surface area contributed by atoms with E-state index >= 15 is 0 Å². The minimum absolute atomic E-state index is 0.138. The van der Waals surface area contributed by atoms with Crippen LogP contribution in [0, 0.1) is 0 Å². The van der Waals surface area contributed by atoms with Crippen LogP contribution in [-0.2, 0) is 5.60 Å². The normalized spacial score (nSPS) is 15.9. The molecule has 16 heavy (non-hydrogen) atoms. The Balaban J connectivity index is 2.73. The van der Waals surface area contributed by atoms with Gasteiger partial charge in [-0.05, 0) is 45.4 Å². The van der Waals surface area contributed by atoms with Crippen LogP contribution in [0.4, 0.5) is 0 Å². The van der Waals surface area contributed by atoms with Crippen molar-refractivity contribution >= 4 is 15.9 Å². The lowest BCUT2D eigenvalue weighted by Crippen LogP contribution is -2.96. The first-order valence-corrected chi connectivity index (χ1v) is 6.33. The highest BCUT2D eigenvalue weighted by Crippen LogP contribution is 2.21. The standard InChI is InChI=1S/C13H20BrNO/c1-12(2,3)15-9-13(4,16)10-5-7-11(14)8-6-10/h5-8,15-16H,9H2,1-4H3/p+1/t13-/m1/s1. The average Bonchev–Trinajstić information content (AvgIpc) is 2.15. The van der Waals surface area contributed by atoms with Crippen LogP contribution in [0.15, 0.2) is 28.7 Å². The molecular weight excluding hydrogens is 266 g/mol. The molecule has 0 unspecified atom stereocenters. The van der Waals surface area contributed by atoms with Gasteiger partial charge in [0.15, 0.2) is 0 Å². The van der Waals surface area contributed by atoms with Gasteiger partial charge in [0, 0.05) is 4.47 Å². The zero-order chi connectivity index (χ0) is 12.4. The maximum absolute atomic E-state index is 10.4. The largest absolute Gasteiger partial charge is 0.380 e. The van der Waals surface area contributed by atoms with Gasteiger partial charge in [-0.3, -0.25) is 0 Å². The molecule has 0 aliphatic heterocycles. The van der Waals surface area contributed by atoms with E-state index in [9.17, 15) is 5.11 Å². The van der Waals surface area contributed by atoms with Gasteiger partial charge in [0.2, 0.25) is 0 Å². The Morgan fingerprint density at radius 3 is 2.06 bits per heavy atom. The topological polar surface area (TPSA) is 36.8 Å². The Kier molecular flexibility index (Phi) is 4.16. The molecule has 0 bridgehead atoms. The monoisotopic (exact) mass is 286 g/mol. The van der Waals surface area contributed by atoms with Crippen LogP contribution in [0.5, 0.6) is 0 Å². The zero-order valence-corrected chi connectivity index (χ0v) is 12.0. The van der Waals surface area contributed by atoms with Crippen LogP contribution in [0.2, 0.25) is 0 Å². The highest BCUT2D eigenvalue weighted by Gasteiger charge is 2.27. The highest BCUT2D eigenvalue weighted by molar-refractivity contribution is 9.10. The third-order valence-electron chi connectivity index (χ3n) is 2.58. The number of quaternary nitrogens is 1. The van der Waals surface area contributed by atoms with Crippen molar-refractivity contribution in [2.75, 3.05) is 6.54 Å². The summed E-state index contributed by atoms with van der Waals surface area (Å²) in [7, 11) is 0. The molecule has 0 amide bonds. The number of aliphatic hydroxyl groups is 1. The fourth-order valence-corrected chi connectivity index (χ4v) is 1.70. The van der Waals surface area contributed by atoms with Crippen LogP contribution < -0.4 is 5.32 Å². The van der Waals surface area contributed by atoms with Crippen molar-refractivity contribution in [3.05, 3.63) is 34.3 Å². The maximum atomic E-state index is 10.4. The minimum atomic E-state index is -0.784. The van der Waals surface area contributed by atoms with Gasteiger partial charge in [-0.1, -0.05) is 28.1 Å². The summed E-state index contributed by atoms with van der Waals surface area (Å²) in [5.41, 5.74) is 0.309. The second kappa shape index (κ2) is 4.86. The smallest absolute Gasteiger partial charge is 0.135 e. The minimum Gasteiger partial charge on any atom is -0.380 e. The number of halogens is 1. The molecule has 2 nitrogen and oxygen atoms in total. The first-order valence-electron chi connectivity index (χ1n) is 5.53. The molecule has 1 aromatic rings. The highest BCUT2D eigenvalue weighted by atomic mass is 79.9. The molecule has 1 aromatic carbocycles. The van der Waals surface area contributed by atoms with Crippen molar-refractivity contribution in [2.24, 2.45) is 0 Å². The molecule has 90 valence electrons. The van der Waals surface area contributed by atoms with Gasteiger partial charge in [-0.25, -0.2) is 0 Å². The molecule has 0 radical (unpaired) electrons. The quantitative estimate of drug-likeness (QED) is 0.877. The van der Waals surface area contributed by atoms with E-state index in [2.05, 4.69) is 42.0 Å². The van der Waals surface area contributed by atoms with Gasteiger partial charge >= 0.3 is 0 Å². The lowest BCUT2D eigenvalue weighted by Gasteiger charge is -2.26. The molecule has 3 N–H and O–H groups in total. The molecule has 0 aliphatic rings. The lowest BCUT2D eigenvalue weighted by molar-refractivity contribution is -0.727. The summed E-state index contributed by atoms with van der Waals surface area (Å²) in [6.07, 6.45) is 0. The number of hydrogen-bond donors (Lipinski definition) is 2. The Morgan fingerprint density at radius 2 is 1.62 bits per heavy atom. The van der Waals surface area contributed by atoms with E-state index < -0.39 is 5.60 Å². The molecule has 3 heteroatoms. The molecule has 1 atom stereocenters. The molecule has 0 spiro atoms. The molecular formula is C13H21BrNO+. The van der Waals surface area contributed by atoms with Gasteiger partial charge in [0.05, 0.1) is 5.54 Å². The summed E-state index contributed by atoms with van der Waals surface area (Å²) in [6.45, 7) is 8.95. The molecule has 0 saturated heterocycles. The van der Waals surface area contributed by atoms with E-state index in [4.69, 9.17) is 0 Å². The fraction of sp³-hybridized carbons (Fsp3) is 0.538.